The molecule has 0 saturated carbocycles. The Balaban J connectivity index is 1.84. The van der Waals surface area contributed by atoms with Crippen LogP contribution in [0.3, 0.4) is 0 Å². The van der Waals surface area contributed by atoms with Crippen LogP contribution in [0.1, 0.15) is 10.1 Å². The van der Waals surface area contributed by atoms with Gasteiger partial charge in [-0.1, -0.05) is 36.9 Å². The van der Waals surface area contributed by atoms with Crippen LogP contribution in [0.5, 0.6) is 0 Å². The van der Waals surface area contributed by atoms with Crippen LogP contribution in [0.4, 0.5) is 0 Å². The summed E-state index contributed by atoms with van der Waals surface area (Å²) in [5, 5.41) is 0.383. The largest absolute Gasteiger partial charge is 0.461 e. The number of esters is 1. The summed E-state index contributed by atoms with van der Waals surface area (Å²) in [6, 6.07) is 10.4. The molecule has 1 fully saturated rings. The van der Waals surface area contributed by atoms with Gasteiger partial charge in [-0.15, -0.1) is 23.5 Å². The monoisotopic (exact) mass is 266 g/mol. The second-order valence-corrected chi connectivity index (χ2v) is 6.51. The van der Waals surface area contributed by atoms with E-state index in [1.807, 2.05) is 29.6 Å². The molecule has 0 spiro atoms. The average Bonchev–Trinajstić information content (AvgIpc) is 2.86. The third kappa shape index (κ3) is 3.54. The fraction of sp³-hybridized carbons (Fsp3) is 0.308. The molecule has 90 valence electrons. The zero-order chi connectivity index (χ0) is 12.1. The molecule has 4 heteroatoms. The Morgan fingerprint density at radius 3 is 2.94 bits per heavy atom. The Morgan fingerprint density at radius 2 is 2.24 bits per heavy atom. The van der Waals surface area contributed by atoms with Crippen molar-refractivity contribution in [3.63, 3.8) is 0 Å². The SMILES string of the molecule is C=CC(=O)OCC1CSC(c2ccccc2)S1. The first-order valence-corrected chi connectivity index (χ1v) is 7.40. The maximum atomic E-state index is 11.0. The van der Waals surface area contributed by atoms with E-state index in [9.17, 15) is 4.79 Å². The number of carbonyl (C=O) groups is 1. The topological polar surface area (TPSA) is 26.3 Å². The van der Waals surface area contributed by atoms with Crippen LogP contribution in [0, 0.1) is 0 Å². The number of hydrogen-bond acceptors (Lipinski definition) is 4. The molecule has 1 heterocycles. The number of benzene rings is 1. The second-order valence-electron chi connectivity index (χ2n) is 3.67. The van der Waals surface area contributed by atoms with Crippen molar-refractivity contribution >= 4 is 29.5 Å². The van der Waals surface area contributed by atoms with Gasteiger partial charge in [0.15, 0.2) is 0 Å². The maximum absolute atomic E-state index is 11.0. The van der Waals surface area contributed by atoms with Crippen LogP contribution < -0.4 is 0 Å². The van der Waals surface area contributed by atoms with Gasteiger partial charge in [0.2, 0.25) is 0 Å². The van der Waals surface area contributed by atoms with E-state index in [-0.39, 0.29) is 5.97 Å². The quantitative estimate of drug-likeness (QED) is 0.617. The molecule has 0 bridgehead atoms. The van der Waals surface area contributed by atoms with Crippen LogP contribution in [0.2, 0.25) is 0 Å². The lowest BCUT2D eigenvalue weighted by atomic mass is 10.2. The highest BCUT2D eigenvalue weighted by molar-refractivity contribution is 8.19. The summed E-state index contributed by atoms with van der Waals surface area (Å²) in [5.41, 5.74) is 1.33. The van der Waals surface area contributed by atoms with Gasteiger partial charge in [-0.2, -0.15) is 0 Å². The van der Waals surface area contributed by atoms with E-state index in [4.69, 9.17) is 4.74 Å². The molecule has 1 aliphatic rings. The third-order valence-corrected chi connectivity index (χ3v) is 5.73. The summed E-state index contributed by atoms with van der Waals surface area (Å²) < 4.78 is 5.53. The van der Waals surface area contributed by atoms with Gasteiger partial charge in [-0.25, -0.2) is 4.79 Å². The molecule has 0 radical (unpaired) electrons. The fourth-order valence-corrected chi connectivity index (χ4v) is 4.77. The number of hydrogen-bond donors (Lipinski definition) is 0. The molecular formula is C13H14O2S2. The predicted molar refractivity (Wildman–Crippen MR) is 74.2 cm³/mol. The molecule has 2 nitrogen and oxygen atoms in total. The van der Waals surface area contributed by atoms with Gasteiger partial charge in [-0.05, 0) is 5.56 Å². The first-order chi connectivity index (χ1) is 8.29. The molecule has 1 aromatic carbocycles. The lowest BCUT2D eigenvalue weighted by Crippen LogP contribution is -2.14. The van der Waals surface area contributed by atoms with Crippen molar-refractivity contribution in [1.29, 1.82) is 0 Å². The minimum Gasteiger partial charge on any atom is -0.461 e. The number of carbonyl (C=O) groups excluding carboxylic acids is 1. The molecular weight excluding hydrogens is 252 g/mol. The second kappa shape index (κ2) is 6.17. The highest BCUT2D eigenvalue weighted by Crippen LogP contribution is 2.49. The molecule has 2 rings (SSSR count). The zero-order valence-corrected chi connectivity index (χ0v) is 11.0. The summed E-state index contributed by atoms with van der Waals surface area (Å²) in [6.07, 6.45) is 1.21. The van der Waals surface area contributed by atoms with Crippen molar-refractivity contribution in [3.8, 4) is 0 Å². The Labute approximate surface area is 110 Å². The van der Waals surface area contributed by atoms with Crippen LogP contribution in [0.15, 0.2) is 43.0 Å². The van der Waals surface area contributed by atoms with Gasteiger partial charge in [0.1, 0.15) is 6.61 Å². The molecule has 2 atom stereocenters. The van der Waals surface area contributed by atoms with E-state index in [2.05, 4.69) is 30.8 Å². The van der Waals surface area contributed by atoms with Gasteiger partial charge < -0.3 is 4.74 Å². The van der Waals surface area contributed by atoms with Crippen LogP contribution in [0.25, 0.3) is 0 Å². The van der Waals surface area contributed by atoms with Crippen molar-refractivity contribution in [3.05, 3.63) is 48.6 Å². The molecule has 1 aromatic rings. The van der Waals surface area contributed by atoms with E-state index in [0.717, 1.165) is 5.75 Å². The summed E-state index contributed by atoms with van der Waals surface area (Å²) in [5.74, 6) is 0.688. The Kier molecular flexibility index (Phi) is 4.57. The number of rotatable bonds is 4. The van der Waals surface area contributed by atoms with Crippen molar-refractivity contribution in [2.45, 2.75) is 9.83 Å². The maximum Gasteiger partial charge on any atom is 0.330 e. The molecule has 17 heavy (non-hydrogen) atoms. The van der Waals surface area contributed by atoms with Gasteiger partial charge in [0.25, 0.3) is 0 Å². The van der Waals surface area contributed by atoms with E-state index in [1.165, 1.54) is 11.6 Å². The molecule has 2 unspecified atom stereocenters. The van der Waals surface area contributed by atoms with Crippen molar-refractivity contribution in [2.75, 3.05) is 12.4 Å². The van der Waals surface area contributed by atoms with Gasteiger partial charge in [-0.3, -0.25) is 0 Å². The molecule has 1 aliphatic heterocycles. The molecule has 0 aliphatic carbocycles. The third-order valence-electron chi connectivity index (χ3n) is 2.40. The summed E-state index contributed by atoms with van der Waals surface area (Å²) in [7, 11) is 0. The summed E-state index contributed by atoms with van der Waals surface area (Å²) in [6.45, 7) is 3.86. The van der Waals surface area contributed by atoms with Crippen molar-refractivity contribution in [1.82, 2.24) is 0 Å². The van der Waals surface area contributed by atoms with Crippen LogP contribution >= 0.6 is 23.5 Å². The summed E-state index contributed by atoms with van der Waals surface area (Å²) in [4.78, 5) is 11.0. The zero-order valence-electron chi connectivity index (χ0n) is 9.37. The summed E-state index contributed by atoms with van der Waals surface area (Å²) >= 11 is 3.78. The fourth-order valence-electron chi connectivity index (χ4n) is 1.55. The van der Waals surface area contributed by atoms with E-state index in [0.29, 0.717) is 16.4 Å². The van der Waals surface area contributed by atoms with Crippen LogP contribution in [-0.2, 0) is 9.53 Å². The standard InChI is InChI=1S/C13H14O2S2/c1-2-12(14)15-8-11-9-16-13(17-11)10-6-4-3-5-7-10/h2-7,11,13H,1,8-9H2. The number of ether oxygens (including phenoxy) is 1. The van der Waals surface area contributed by atoms with E-state index < -0.39 is 0 Å². The minimum atomic E-state index is -0.334. The highest BCUT2D eigenvalue weighted by atomic mass is 32.2. The molecule has 0 amide bonds. The molecule has 1 saturated heterocycles. The lowest BCUT2D eigenvalue weighted by molar-refractivity contribution is -0.137. The first-order valence-electron chi connectivity index (χ1n) is 5.41. The normalized spacial score (nSPS) is 23.3. The van der Waals surface area contributed by atoms with Gasteiger partial charge >= 0.3 is 5.97 Å². The minimum absolute atomic E-state index is 0.334. The van der Waals surface area contributed by atoms with Crippen molar-refractivity contribution in [2.24, 2.45) is 0 Å². The molecule has 0 N–H and O–H groups in total. The van der Waals surface area contributed by atoms with E-state index >= 15 is 0 Å². The van der Waals surface area contributed by atoms with Gasteiger partial charge in [0, 0.05) is 17.1 Å². The van der Waals surface area contributed by atoms with Crippen LogP contribution in [-0.4, -0.2) is 23.6 Å². The Hall–Kier alpha value is -0.870. The average molecular weight is 266 g/mol. The van der Waals surface area contributed by atoms with Gasteiger partial charge in [0.05, 0.1) is 4.58 Å². The number of thioether (sulfide) groups is 2. The predicted octanol–water partition coefficient (Wildman–Crippen LogP) is 3.26. The van der Waals surface area contributed by atoms with Crippen molar-refractivity contribution < 1.29 is 9.53 Å². The highest BCUT2D eigenvalue weighted by Gasteiger charge is 2.27. The Bertz CT molecular complexity index is 392. The smallest absolute Gasteiger partial charge is 0.330 e. The molecule has 0 aromatic heterocycles. The Morgan fingerprint density at radius 1 is 1.47 bits per heavy atom. The van der Waals surface area contributed by atoms with E-state index in [1.54, 1.807) is 0 Å². The lowest BCUT2D eigenvalue weighted by Gasteiger charge is -2.10. The first kappa shape index (κ1) is 12.6.